The topological polar surface area (TPSA) is 35.2 Å². The minimum atomic E-state index is 0.488. The molecule has 82 valence electrons. The molecule has 0 saturated heterocycles. The lowest BCUT2D eigenvalue weighted by Gasteiger charge is -2.09. The Labute approximate surface area is 95.7 Å². The molecular formula is C12H16ClNO. The van der Waals surface area contributed by atoms with Crippen LogP contribution in [0, 0.1) is 0 Å². The summed E-state index contributed by atoms with van der Waals surface area (Å²) < 4.78 is 5.52. The van der Waals surface area contributed by atoms with E-state index in [0.29, 0.717) is 23.9 Å². The number of ether oxygens (including phenoxy) is 1. The van der Waals surface area contributed by atoms with Gasteiger partial charge in [0.1, 0.15) is 12.4 Å². The van der Waals surface area contributed by atoms with Crippen LogP contribution in [0.1, 0.15) is 18.9 Å². The van der Waals surface area contributed by atoms with Gasteiger partial charge in [0, 0.05) is 6.54 Å². The number of benzene rings is 1. The van der Waals surface area contributed by atoms with E-state index in [1.165, 1.54) is 0 Å². The average Bonchev–Trinajstić information content (AvgIpc) is 2.26. The second-order valence-electron chi connectivity index (χ2n) is 3.36. The zero-order valence-electron chi connectivity index (χ0n) is 8.92. The molecule has 1 rings (SSSR count). The van der Waals surface area contributed by atoms with E-state index in [1.807, 2.05) is 25.1 Å². The molecule has 3 heteroatoms. The van der Waals surface area contributed by atoms with Gasteiger partial charge in [0.2, 0.25) is 0 Å². The van der Waals surface area contributed by atoms with E-state index in [4.69, 9.17) is 22.1 Å². The molecule has 0 aromatic heterocycles. The largest absolute Gasteiger partial charge is 0.488 e. The van der Waals surface area contributed by atoms with E-state index < -0.39 is 0 Å². The van der Waals surface area contributed by atoms with Gasteiger partial charge >= 0.3 is 0 Å². The molecule has 0 saturated carbocycles. The molecule has 1 aromatic rings. The zero-order chi connectivity index (χ0) is 11.3. The fraction of sp³-hybridized carbons (Fsp3) is 0.333. The molecule has 15 heavy (non-hydrogen) atoms. The highest BCUT2D eigenvalue weighted by Gasteiger charge is 2.02. The molecule has 2 N–H and O–H groups in total. The van der Waals surface area contributed by atoms with Crippen LogP contribution in [-0.2, 0) is 6.54 Å². The van der Waals surface area contributed by atoms with Crippen LogP contribution in [0.4, 0.5) is 0 Å². The second kappa shape index (κ2) is 5.79. The molecule has 0 aliphatic heterocycles. The van der Waals surface area contributed by atoms with E-state index in [1.54, 1.807) is 0 Å². The summed E-state index contributed by atoms with van der Waals surface area (Å²) in [4.78, 5) is 0. The van der Waals surface area contributed by atoms with Crippen LogP contribution in [0.5, 0.6) is 5.75 Å². The van der Waals surface area contributed by atoms with Gasteiger partial charge in [-0.3, -0.25) is 0 Å². The molecule has 0 aliphatic carbocycles. The summed E-state index contributed by atoms with van der Waals surface area (Å²) in [5.41, 5.74) is 7.55. The van der Waals surface area contributed by atoms with Crippen molar-refractivity contribution in [2.24, 2.45) is 5.73 Å². The first-order valence-corrected chi connectivity index (χ1v) is 5.33. The van der Waals surface area contributed by atoms with Crippen molar-refractivity contribution in [2.75, 3.05) is 6.61 Å². The standard InChI is InChI=1S/C12H16ClNO/c1-3-9(2)8-15-12-5-4-10(7-14)6-11(12)13/h4-6H,2-3,7-8,14H2,1H3. The average molecular weight is 226 g/mol. The maximum Gasteiger partial charge on any atom is 0.138 e. The van der Waals surface area contributed by atoms with Gasteiger partial charge in [-0.15, -0.1) is 0 Å². The molecule has 0 spiro atoms. The third kappa shape index (κ3) is 3.57. The Morgan fingerprint density at radius 1 is 1.53 bits per heavy atom. The molecule has 2 nitrogen and oxygen atoms in total. The van der Waals surface area contributed by atoms with Crippen molar-refractivity contribution in [3.05, 3.63) is 40.9 Å². The fourth-order valence-electron chi connectivity index (χ4n) is 1.07. The highest BCUT2D eigenvalue weighted by atomic mass is 35.5. The molecular weight excluding hydrogens is 210 g/mol. The lowest BCUT2D eigenvalue weighted by molar-refractivity contribution is 0.349. The van der Waals surface area contributed by atoms with Crippen LogP contribution in [0.25, 0.3) is 0 Å². The number of hydrogen-bond donors (Lipinski definition) is 1. The van der Waals surface area contributed by atoms with E-state index in [9.17, 15) is 0 Å². The molecule has 0 bridgehead atoms. The molecule has 1 aromatic carbocycles. The highest BCUT2D eigenvalue weighted by molar-refractivity contribution is 6.32. The minimum Gasteiger partial charge on any atom is -0.488 e. The van der Waals surface area contributed by atoms with Crippen molar-refractivity contribution in [3.8, 4) is 5.75 Å². The Morgan fingerprint density at radius 2 is 2.27 bits per heavy atom. The van der Waals surface area contributed by atoms with Crippen molar-refractivity contribution in [1.29, 1.82) is 0 Å². The van der Waals surface area contributed by atoms with Gasteiger partial charge in [-0.25, -0.2) is 0 Å². The third-order valence-electron chi connectivity index (χ3n) is 2.16. The number of nitrogens with two attached hydrogens (primary N) is 1. The molecule has 0 amide bonds. The lowest BCUT2D eigenvalue weighted by atomic mass is 10.2. The third-order valence-corrected chi connectivity index (χ3v) is 2.46. The Balaban J connectivity index is 2.66. The summed E-state index contributed by atoms with van der Waals surface area (Å²) in [5, 5.41) is 0.599. The van der Waals surface area contributed by atoms with Crippen LogP contribution >= 0.6 is 11.6 Å². The van der Waals surface area contributed by atoms with Crippen molar-refractivity contribution < 1.29 is 4.74 Å². The quantitative estimate of drug-likeness (QED) is 0.782. The SMILES string of the molecule is C=C(CC)COc1ccc(CN)cc1Cl. The van der Waals surface area contributed by atoms with Crippen molar-refractivity contribution in [3.63, 3.8) is 0 Å². The van der Waals surface area contributed by atoms with Gasteiger partial charge in [-0.2, -0.15) is 0 Å². The summed E-state index contributed by atoms with van der Waals surface area (Å²) in [5.74, 6) is 0.684. The van der Waals surface area contributed by atoms with Crippen LogP contribution < -0.4 is 10.5 Å². The Kier molecular flexibility index (Phi) is 4.66. The Bertz CT molecular complexity index is 349. The lowest BCUT2D eigenvalue weighted by Crippen LogP contribution is -2.01. The zero-order valence-corrected chi connectivity index (χ0v) is 9.68. The summed E-state index contributed by atoms with van der Waals surface area (Å²) in [6, 6.07) is 5.58. The van der Waals surface area contributed by atoms with Gasteiger partial charge in [0.05, 0.1) is 5.02 Å². The normalized spacial score (nSPS) is 10.1. The number of rotatable bonds is 5. The number of halogens is 1. The summed E-state index contributed by atoms with van der Waals surface area (Å²) in [6.45, 7) is 6.91. The maximum atomic E-state index is 6.02. The van der Waals surface area contributed by atoms with Gasteiger partial charge in [-0.05, 0) is 29.7 Å². The Hall–Kier alpha value is -0.990. The summed E-state index contributed by atoms with van der Waals surface area (Å²) in [7, 11) is 0. The predicted octanol–water partition coefficient (Wildman–Crippen LogP) is 3.14. The first kappa shape index (κ1) is 12.1. The summed E-state index contributed by atoms with van der Waals surface area (Å²) >= 11 is 6.02. The van der Waals surface area contributed by atoms with Crippen LogP contribution in [0.15, 0.2) is 30.4 Å². The van der Waals surface area contributed by atoms with E-state index in [-0.39, 0.29) is 0 Å². The van der Waals surface area contributed by atoms with Crippen LogP contribution in [-0.4, -0.2) is 6.61 Å². The highest BCUT2D eigenvalue weighted by Crippen LogP contribution is 2.25. The van der Waals surface area contributed by atoms with Crippen molar-refractivity contribution in [2.45, 2.75) is 19.9 Å². The molecule has 0 atom stereocenters. The van der Waals surface area contributed by atoms with Crippen molar-refractivity contribution in [1.82, 2.24) is 0 Å². The van der Waals surface area contributed by atoms with Crippen LogP contribution in [0.3, 0.4) is 0 Å². The molecule has 0 radical (unpaired) electrons. The first-order valence-electron chi connectivity index (χ1n) is 4.95. The van der Waals surface area contributed by atoms with Crippen LogP contribution in [0.2, 0.25) is 5.02 Å². The van der Waals surface area contributed by atoms with Gasteiger partial charge in [0.15, 0.2) is 0 Å². The molecule has 0 unspecified atom stereocenters. The maximum absolute atomic E-state index is 6.02. The Morgan fingerprint density at radius 3 is 2.80 bits per heavy atom. The number of hydrogen-bond acceptors (Lipinski definition) is 2. The van der Waals surface area contributed by atoms with Gasteiger partial charge < -0.3 is 10.5 Å². The van der Waals surface area contributed by atoms with E-state index >= 15 is 0 Å². The van der Waals surface area contributed by atoms with Crippen molar-refractivity contribution >= 4 is 11.6 Å². The molecule has 0 fully saturated rings. The van der Waals surface area contributed by atoms with Gasteiger partial charge in [0.25, 0.3) is 0 Å². The monoisotopic (exact) mass is 225 g/mol. The second-order valence-corrected chi connectivity index (χ2v) is 3.77. The van der Waals surface area contributed by atoms with Gasteiger partial charge in [-0.1, -0.05) is 31.2 Å². The molecule has 0 aliphatic rings. The fourth-order valence-corrected chi connectivity index (χ4v) is 1.33. The predicted molar refractivity (Wildman–Crippen MR) is 64.3 cm³/mol. The smallest absolute Gasteiger partial charge is 0.138 e. The first-order chi connectivity index (χ1) is 7.17. The van der Waals surface area contributed by atoms with E-state index in [2.05, 4.69) is 6.58 Å². The van der Waals surface area contributed by atoms with E-state index in [0.717, 1.165) is 17.6 Å². The summed E-state index contributed by atoms with van der Waals surface area (Å²) in [6.07, 6.45) is 0.915. The minimum absolute atomic E-state index is 0.488. The molecule has 0 heterocycles.